The van der Waals surface area contributed by atoms with E-state index in [-0.39, 0.29) is 12.3 Å². The monoisotopic (exact) mass is 349 g/mol. The van der Waals surface area contributed by atoms with Crippen LogP contribution < -0.4 is 20.2 Å². The first-order valence-corrected chi connectivity index (χ1v) is 7.94. The van der Waals surface area contributed by atoms with Crippen molar-refractivity contribution in [2.75, 3.05) is 18.5 Å². The first-order valence-electron chi connectivity index (χ1n) is 7.94. The molecule has 0 radical (unpaired) electrons. The Morgan fingerprint density at radius 2 is 1.88 bits per heavy atom. The van der Waals surface area contributed by atoms with Gasteiger partial charge in [0.05, 0.1) is 6.42 Å². The smallest absolute Gasteiger partial charge is 0.428 e. The van der Waals surface area contributed by atoms with Crippen molar-refractivity contribution in [3.8, 4) is 11.5 Å². The number of carbonyl (C=O) groups excluding carboxylic acids is 2. The van der Waals surface area contributed by atoms with Crippen LogP contribution in [0, 0.1) is 0 Å². The highest BCUT2D eigenvalue weighted by Gasteiger charge is 2.16. The lowest BCUT2D eigenvalue weighted by Crippen LogP contribution is -2.30. The minimum atomic E-state index is -0.668. The molecule has 0 aromatic heterocycles. The van der Waals surface area contributed by atoms with Gasteiger partial charge >= 0.3 is 6.09 Å². The molecule has 1 aromatic carbocycles. The fourth-order valence-corrected chi connectivity index (χ4v) is 2.04. The molecule has 8 nitrogen and oxygen atoms in total. The zero-order valence-corrected chi connectivity index (χ0v) is 14.8. The minimum Gasteiger partial charge on any atom is -0.486 e. The van der Waals surface area contributed by atoms with Gasteiger partial charge in [0.15, 0.2) is 11.5 Å². The second kappa shape index (κ2) is 7.87. The molecule has 1 heterocycles. The van der Waals surface area contributed by atoms with Crippen molar-refractivity contribution < 1.29 is 23.8 Å². The van der Waals surface area contributed by atoms with Crippen LogP contribution in [0.4, 0.5) is 10.5 Å². The number of hydrogen-bond donors (Lipinski definition) is 2. The van der Waals surface area contributed by atoms with E-state index in [4.69, 9.17) is 14.2 Å². The Kier molecular flexibility index (Phi) is 5.84. The molecule has 0 unspecified atom stereocenters. The Balaban J connectivity index is 1.85. The van der Waals surface area contributed by atoms with Crippen LogP contribution in [0.1, 0.15) is 34.1 Å². The van der Waals surface area contributed by atoms with E-state index in [1.165, 1.54) is 0 Å². The molecule has 2 N–H and O–H groups in total. The summed E-state index contributed by atoms with van der Waals surface area (Å²) >= 11 is 0. The number of anilines is 1. The van der Waals surface area contributed by atoms with Crippen molar-refractivity contribution in [1.82, 2.24) is 5.43 Å². The van der Waals surface area contributed by atoms with Gasteiger partial charge in [0, 0.05) is 17.5 Å². The summed E-state index contributed by atoms with van der Waals surface area (Å²) in [6.45, 7) is 7.89. The average Bonchev–Trinajstić information content (AvgIpc) is 2.51. The van der Waals surface area contributed by atoms with Crippen molar-refractivity contribution in [2.24, 2.45) is 5.10 Å². The molecule has 0 saturated heterocycles. The zero-order chi connectivity index (χ0) is 18.4. The number of ether oxygens (including phenoxy) is 3. The number of hydrazone groups is 1. The molecule has 1 aliphatic heterocycles. The lowest BCUT2D eigenvalue weighted by molar-refractivity contribution is -0.115. The largest absolute Gasteiger partial charge is 0.486 e. The maximum atomic E-state index is 12.1. The topological polar surface area (TPSA) is 98.3 Å². The molecule has 0 atom stereocenters. The van der Waals surface area contributed by atoms with Crippen LogP contribution in [0.15, 0.2) is 23.3 Å². The molecule has 8 heteroatoms. The fraction of sp³-hybridized carbons (Fsp3) is 0.471. The van der Waals surface area contributed by atoms with Crippen LogP contribution >= 0.6 is 0 Å². The third-order valence-electron chi connectivity index (χ3n) is 2.98. The first-order chi connectivity index (χ1) is 11.7. The lowest BCUT2D eigenvalue weighted by Gasteiger charge is -2.19. The van der Waals surface area contributed by atoms with Gasteiger partial charge < -0.3 is 19.5 Å². The van der Waals surface area contributed by atoms with Crippen molar-refractivity contribution >= 4 is 23.4 Å². The average molecular weight is 349 g/mol. The summed E-state index contributed by atoms with van der Waals surface area (Å²) in [5.74, 6) is 0.994. The molecule has 136 valence electrons. The van der Waals surface area contributed by atoms with Gasteiger partial charge in [0.25, 0.3) is 0 Å². The number of carbonyl (C=O) groups is 2. The number of benzene rings is 1. The highest BCUT2D eigenvalue weighted by molar-refractivity contribution is 6.05. The van der Waals surface area contributed by atoms with E-state index in [9.17, 15) is 9.59 Å². The summed E-state index contributed by atoms with van der Waals surface area (Å²) in [4.78, 5) is 23.6. The van der Waals surface area contributed by atoms with Gasteiger partial charge in [0.2, 0.25) is 5.91 Å². The van der Waals surface area contributed by atoms with E-state index in [1.54, 1.807) is 45.9 Å². The Hall–Kier alpha value is -2.77. The molecule has 25 heavy (non-hydrogen) atoms. The molecule has 2 amide bonds. The number of nitrogens with zero attached hydrogens (tertiary/aromatic N) is 1. The van der Waals surface area contributed by atoms with Gasteiger partial charge in [-0.3, -0.25) is 4.79 Å². The molecule has 2 rings (SSSR count). The van der Waals surface area contributed by atoms with Crippen molar-refractivity contribution in [2.45, 2.75) is 39.7 Å². The highest BCUT2D eigenvalue weighted by Crippen LogP contribution is 2.32. The molecule has 0 spiro atoms. The quantitative estimate of drug-likeness (QED) is 0.643. The van der Waals surface area contributed by atoms with E-state index in [0.29, 0.717) is 36.1 Å². The van der Waals surface area contributed by atoms with Crippen LogP contribution in [0.5, 0.6) is 11.5 Å². The van der Waals surface area contributed by atoms with Gasteiger partial charge in [-0.25, -0.2) is 10.2 Å². The van der Waals surface area contributed by atoms with Gasteiger partial charge in [0.1, 0.15) is 18.8 Å². The van der Waals surface area contributed by atoms with Crippen LogP contribution in [-0.4, -0.2) is 36.5 Å². The van der Waals surface area contributed by atoms with E-state index >= 15 is 0 Å². The van der Waals surface area contributed by atoms with Gasteiger partial charge in [-0.15, -0.1) is 0 Å². The Morgan fingerprint density at radius 3 is 2.56 bits per heavy atom. The van der Waals surface area contributed by atoms with E-state index in [0.717, 1.165) is 0 Å². The second-order valence-electron chi connectivity index (χ2n) is 6.54. The maximum Gasteiger partial charge on any atom is 0.428 e. The first kappa shape index (κ1) is 18.6. The Bertz CT molecular complexity index is 679. The molecule has 0 bridgehead atoms. The predicted molar refractivity (Wildman–Crippen MR) is 93.2 cm³/mol. The molecule has 0 saturated carbocycles. The number of rotatable bonds is 4. The second-order valence-corrected chi connectivity index (χ2v) is 6.54. The molecule has 0 fully saturated rings. The van der Waals surface area contributed by atoms with E-state index in [2.05, 4.69) is 15.8 Å². The summed E-state index contributed by atoms with van der Waals surface area (Å²) in [7, 11) is 0. The third-order valence-corrected chi connectivity index (χ3v) is 2.98. The minimum absolute atomic E-state index is 0.0320. The van der Waals surface area contributed by atoms with Crippen LogP contribution in [-0.2, 0) is 9.53 Å². The summed E-state index contributed by atoms with van der Waals surface area (Å²) in [5.41, 5.74) is 2.70. The SMILES string of the molecule is CC(CC(=O)Nc1ccc2c(c1)OCCO2)=NNC(=O)OC(C)(C)C. The van der Waals surface area contributed by atoms with Gasteiger partial charge in [-0.1, -0.05) is 0 Å². The number of hydrogen-bond acceptors (Lipinski definition) is 6. The zero-order valence-electron chi connectivity index (χ0n) is 14.8. The van der Waals surface area contributed by atoms with Crippen LogP contribution in [0.3, 0.4) is 0 Å². The van der Waals surface area contributed by atoms with E-state index in [1.807, 2.05) is 0 Å². The summed E-state index contributed by atoms with van der Waals surface area (Å²) in [6, 6.07) is 5.18. The third kappa shape index (κ3) is 6.33. The molecular weight excluding hydrogens is 326 g/mol. The molecule has 0 aliphatic carbocycles. The molecular formula is C17H23N3O5. The summed E-state index contributed by atoms with van der Waals surface area (Å²) in [6.07, 6.45) is -0.636. The Labute approximate surface area is 146 Å². The summed E-state index contributed by atoms with van der Waals surface area (Å²) < 4.78 is 16.0. The van der Waals surface area contributed by atoms with Crippen LogP contribution in [0.25, 0.3) is 0 Å². The van der Waals surface area contributed by atoms with Crippen molar-refractivity contribution in [3.63, 3.8) is 0 Å². The van der Waals surface area contributed by atoms with Gasteiger partial charge in [-0.05, 0) is 39.8 Å². The van der Waals surface area contributed by atoms with E-state index < -0.39 is 11.7 Å². The molecule has 1 aromatic rings. The van der Waals surface area contributed by atoms with Crippen LogP contribution in [0.2, 0.25) is 0 Å². The highest BCUT2D eigenvalue weighted by atomic mass is 16.6. The predicted octanol–water partition coefficient (Wildman–Crippen LogP) is 2.69. The van der Waals surface area contributed by atoms with Crippen molar-refractivity contribution in [1.29, 1.82) is 0 Å². The standard InChI is InChI=1S/C17H23N3O5/c1-11(19-20-16(22)25-17(2,3)4)9-15(21)18-12-5-6-13-14(10-12)24-8-7-23-13/h5-6,10H,7-9H2,1-4H3,(H,18,21)(H,20,22). The summed E-state index contributed by atoms with van der Waals surface area (Å²) in [5, 5.41) is 6.60. The Morgan fingerprint density at radius 1 is 1.20 bits per heavy atom. The normalized spacial score (nSPS) is 13.8. The lowest BCUT2D eigenvalue weighted by atomic mass is 10.2. The number of amides is 2. The fourth-order valence-electron chi connectivity index (χ4n) is 2.04. The number of nitrogens with one attached hydrogen (secondary N) is 2. The van der Waals surface area contributed by atoms with Crippen molar-refractivity contribution in [3.05, 3.63) is 18.2 Å². The molecule has 1 aliphatic rings. The van der Waals surface area contributed by atoms with Gasteiger partial charge in [-0.2, -0.15) is 5.10 Å². The maximum absolute atomic E-state index is 12.1. The number of fused-ring (bicyclic) bond motifs is 1.